The van der Waals surface area contributed by atoms with E-state index in [1.165, 1.54) is 0 Å². The number of hydrogen-bond donors (Lipinski definition) is 4. The molecule has 17 heavy (non-hydrogen) atoms. The van der Waals surface area contributed by atoms with E-state index in [9.17, 15) is 19.7 Å². The van der Waals surface area contributed by atoms with Crippen LogP contribution in [-0.2, 0) is 0 Å². The minimum Gasteiger partial charge on any atom is -0.290 e. The molecule has 0 aliphatic heterocycles. The van der Waals surface area contributed by atoms with Crippen molar-refractivity contribution < 1.29 is 14.5 Å². The van der Waals surface area contributed by atoms with Gasteiger partial charge in [-0.05, 0) is 6.07 Å². The highest BCUT2D eigenvalue weighted by molar-refractivity contribution is 6.07. The second-order valence-corrected chi connectivity index (χ2v) is 2.93. The maximum Gasteiger partial charge on any atom is 0.270 e. The largest absolute Gasteiger partial charge is 0.290 e. The lowest BCUT2D eigenvalue weighted by Gasteiger charge is -2.06. The Bertz CT molecular complexity index is 487. The van der Waals surface area contributed by atoms with Gasteiger partial charge in [0.25, 0.3) is 17.5 Å². The van der Waals surface area contributed by atoms with Gasteiger partial charge in [0, 0.05) is 12.1 Å². The van der Waals surface area contributed by atoms with Crippen LogP contribution in [0.25, 0.3) is 0 Å². The van der Waals surface area contributed by atoms with Gasteiger partial charge in [0.15, 0.2) is 0 Å². The number of amides is 2. The summed E-state index contributed by atoms with van der Waals surface area (Å²) in [7, 11) is 0. The number of nitrogens with two attached hydrogens (primary N) is 2. The van der Waals surface area contributed by atoms with E-state index in [4.69, 9.17) is 11.7 Å². The molecule has 0 spiro atoms. The predicted octanol–water partition coefficient (Wildman–Crippen LogP) is -1.20. The van der Waals surface area contributed by atoms with Crippen molar-refractivity contribution in [3.05, 3.63) is 39.4 Å². The maximum absolute atomic E-state index is 11.3. The molecule has 1 aromatic carbocycles. The van der Waals surface area contributed by atoms with E-state index < -0.39 is 16.7 Å². The van der Waals surface area contributed by atoms with Crippen molar-refractivity contribution in [3.63, 3.8) is 0 Å². The number of hydrogen-bond acceptors (Lipinski definition) is 6. The van der Waals surface area contributed by atoms with Crippen molar-refractivity contribution in [1.29, 1.82) is 0 Å². The van der Waals surface area contributed by atoms with Gasteiger partial charge in [-0.3, -0.25) is 30.6 Å². The Balaban J connectivity index is 3.36. The van der Waals surface area contributed by atoms with E-state index >= 15 is 0 Å². The van der Waals surface area contributed by atoms with Gasteiger partial charge in [0.1, 0.15) is 0 Å². The van der Waals surface area contributed by atoms with E-state index in [1.807, 2.05) is 5.43 Å². The molecule has 0 unspecified atom stereocenters. The monoisotopic (exact) mass is 239 g/mol. The van der Waals surface area contributed by atoms with Gasteiger partial charge < -0.3 is 0 Å². The fourth-order valence-corrected chi connectivity index (χ4v) is 1.19. The van der Waals surface area contributed by atoms with Crippen molar-refractivity contribution in [2.75, 3.05) is 0 Å². The van der Waals surface area contributed by atoms with Crippen molar-refractivity contribution in [3.8, 4) is 0 Å². The highest BCUT2D eigenvalue weighted by Crippen LogP contribution is 2.17. The highest BCUT2D eigenvalue weighted by Gasteiger charge is 2.19. The van der Waals surface area contributed by atoms with Gasteiger partial charge in [-0.15, -0.1) is 0 Å². The Labute approximate surface area is 94.9 Å². The van der Waals surface area contributed by atoms with Crippen molar-refractivity contribution in [2.45, 2.75) is 0 Å². The highest BCUT2D eigenvalue weighted by atomic mass is 16.6. The SMILES string of the molecule is NNC(=O)c1ccc([N+](=O)[O-])cc1C(=O)NN. The normalized spacial score (nSPS) is 9.53. The summed E-state index contributed by atoms with van der Waals surface area (Å²) in [4.78, 5) is 32.5. The Hall–Kier alpha value is -2.52. The minimum atomic E-state index is -0.827. The average Bonchev–Trinajstić information content (AvgIpc) is 2.35. The molecule has 0 atom stereocenters. The number of benzene rings is 1. The number of non-ortho nitro benzene ring substituents is 1. The van der Waals surface area contributed by atoms with Crippen LogP contribution in [0.3, 0.4) is 0 Å². The van der Waals surface area contributed by atoms with Crippen LogP contribution < -0.4 is 22.5 Å². The molecule has 90 valence electrons. The van der Waals surface area contributed by atoms with Crippen LogP contribution in [0.2, 0.25) is 0 Å². The third-order valence-electron chi connectivity index (χ3n) is 1.97. The molecule has 0 heterocycles. The Morgan fingerprint density at radius 1 is 1.12 bits per heavy atom. The van der Waals surface area contributed by atoms with Crippen LogP contribution in [0.1, 0.15) is 20.7 Å². The van der Waals surface area contributed by atoms with Gasteiger partial charge >= 0.3 is 0 Å². The zero-order chi connectivity index (χ0) is 13.0. The molecule has 9 nitrogen and oxygen atoms in total. The number of nitrogens with one attached hydrogen (secondary N) is 2. The molecule has 1 rings (SSSR count). The Morgan fingerprint density at radius 2 is 1.65 bits per heavy atom. The van der Waals surface area contributed by atoms with Crippen molar-refractivity contribution in [1.82, 2.24) is 10.9 Å². The maximum atomic E-state index is 11.3. The molecule has 2 amide bonds. The second-order valence-electron chi connectivity index (χ2n) is 2.93. The van der Waals surface area contributed by atoms with E-state index in [1.54, 1.807) is 5.43 Å². The zero-order valence-electron chi connectivity index (χ0n) is 8.47. The molecule has 0 aliphatic carbocycles. The summed E-state index contributed by atoms with van der Waals surface area (Å²) in [5.41, 5.74) is 2.93. The summed E-state index contributed by atoms with van der Waals surface area (Å²) in [6.07, 6.45) is 0. The zero-order valence-corrected chi connectivity index (χ0v) is 8.47. The van der Waals surface area contributed by atoms with Crippen LogP contribution in [0.15, 0.2) is 18.2 Å². The molecule has 6 N–H and O–H groups in total. The quantitative estimate of drug-likeness (QED) is 0.225. The first-order chi connectivity index (χ1) is 8.01. The van der Waals surface area contributed by atoms with E-state index in [2.05, 4.69) is 0 Å². The number of carbonyl (C=O) groups excluding carboxylic acids is 2. The molecular weight excluding hydrogens is 230 g/mol. The van der Waals surface area contributed by atoms with E-state index in [-0.39, 0.29) is 16.8 Å². The van der Waals surface area contributed by atoms with Gasteiger partial charge in [-0.2, -0.15) is 0 Å². The lowest BCUT2D eigenvalue weighted by molar-refractivity contribution is -0.384. The standard InChI is InChI=1S/C8H9N5O4/c9-11-7(14)5-2-1-4(13(16)17)3-6(5)8(15)12-10/h1-3H,9-10H2,(H,11,14)(H,12,15). The van der Waals surface area contributed by atoms with Crippen LogP contribution in [-0.4, -0.2) is 16.7 Å². The fourth-order valence-electron chi connectivity index (χ4n) is 1.19. The average molecular weight is 239 g/mol. The number of nitrogens with zero attached hydrogens (tertiary/aromatic N) is 1. The van der Waals surface area contributed by atoms with E-state index in [0.717, 1.165) is 18.2 Å². The first kappa shape index (κ1) is 12.5. The van der Waals surface area contributed by atoms with E-state index in [0.29, 0.717) is 0 Å². The molecule has 0 aliphatic rings. The van der Waals surface area contributed by atoms with Gasteiger partial charge in [0.2, 0.25) is 0 Å². The molecule has 9 heteroatoms. The molecular formula is C8H9N5O4. The smallest absolute Gasteiger partial charge is 0.270 e. The summed E-state index contributed by atoms with van der Waals surface area (Å²) in [6.45, 7) is 0. The molecule has 0 saturated heterocycles. The molecule has 0 bridgehead atoms. The number of hydrazine groups is 2. The number of rotatable bonds is 3. The number of carbonyl (C=O) groups is 2. The number of nitro groups is 1. The molecule has 0 fully saturated rings. The van der Waals surface area contributed by atoms with Crippen LogP contribution in [0.4, 0.5) is 5.69 Å². The predicted molar refractivity (Wildman–Crippen MR) is 56.4 cm³/mol. The lowest BCUT2D eigenvalue weighted by atomic mass is 10.1. The molecule has 1 aromatic rings. The first-order valence-corrected chi connectivity index (χ1v) is 4.31. The lowest BCUT2D eigenvalue weighted by Crippen LogP contribution is -2.35. The van der Waals surface area contributed by atoms with Gasteiger partial charge in [-0.25, -0.2) is 11.7 Å². The minimum absolute atomic E-state index is 0.110. The van der Waals surface area contributed by atoms with Gasteiger partial charge in [0.05, 0.1) is 16.1 Å². The molecule has 0 aromatic heterocycles. The number of nitro benzene ring substituents is 1. The second kappa shape index (κ2) is 5.01. The number of nitrogen functional groups attached to an aromatic ring is 2. The van der Waals surface area contributed by atoms with Crippen LogP contribution >= 0.6 is 0 Å². The Kier molecular flexibility index (Phi) is 3.70. The fraction of sp³-hybridized carbons (Fsp3) is 0. The summed E-state index contributed by atoms with van der Waals surface area (Å²) in [5, 5.41) is 10.5. The summed E-state index contributed by atoms with van der Waals surface area (Å²) >= 11 is 0. The van der Waals surface area contributed by atoms with Crippen LogP contribution in [0, 0.1) is 10.1 Å². The summed E-state index contributed by atoms with van der Waals surface area (Å²) in [6, 6.07) is 3.13. The first-order valence-electron chi connectivity index (χ1n) is 4.31. The summed E-state index contributed by atoms with van der Waals surface area (Å²) < 4.78 is 0. The van der Waals surface area contributed by atoms with Crippen molar-refractivity contribution >= 4 is 17.5 Å². The van der Waals surface area contributed by atoms with Gasteiger partial charge in [-0.1, -0.05) is 0 Å². The van der Waals surface area contributed by atoms with Crippen molar-refractivity contribution in [2.24, 2.45) is 11.7 Å². The molecule has 0 radical (unpaired) electrons. The summed E-state index contributed by atoms with van der Waals surface area (Å²) in [5.74, 6) is 8.25. The Morgan fingerprint density at radius 3 is 2.12 bits per heavy atom. The van der Waals surface area contributed by atoms with Crippen LogP contribution in [0.5, 0.6) is 0 Å². The topological polar surface area (TPSA) is 153 Å². The third-order valence-corrected chi connectivity index (χ3v) is 1.97. The molecule has 0 saturated carbocycles. The third kappa shape index (κ3) is 2.53.